The lowest BCUT2D eigenvalue weighted by atomic mass is 10.2. The van der Waals surface area contributed by atoms with Gasteiger partial charge in [0.2, 0.25) is 5.95 Å². The van der Waals surface area contributed by atoms with Gasteiger partial charge in [-0.25, -0.2) is 10.6 Å². The lowest BCUT2D eigenvalue weighted by Crippen LogP contribution is -2.31. The van der Waals surface area contributed by atoms with Crippen LogP contribution in [0.2, 0.25) is 0 Å². The molecule has 0 aliphatic rings. The van der Waals surface area contributed by atoms with Gasteiger partial charge in [0.1, 0.15) is 18.5 Å². The summed E-state index contributed by atoms with van der Waals surface area (Å²) in [4.78, 5) is 30.3. The smallest absolute Gasteiger partial charge is 0.329 e. The third-order valence-electron chi connectivity index (χ3n) is 4.28. The molecule has 0 bridgehead atoms. The molecule has 3 rings (SSSR count). The van der Waals surface area contributed by atoms with Crippen LogP contribution in [0.5, 0.6) is 5.75 Å². The fourth-order valence-corrected chi connectivity index (χ4v) is 2.83. The minimum atomic E-state index is -0.934. The highest BCUT2D eigenvalue weighted by Gasteiger charge is 2.19. The number of aliphatic hydroxyl groups is 1. The van der Waals surface area contributed by atoms with Crippen LogP contribution in [-0.2, 0) is 20.0 Å². The summed E-state index contributed by atoms with van der Waals surface area (Å²) in [5.74, 6) is 6.29. The maximum absolute atomic E-state index is 12.2. The third-order valence-corrected chi connectivity index (χ3v) is 4.28. The number of ether oxygens (including phenoxy) is 1. The maximum atomic E-state index is 12.2. The first kappa shape index (κ1) is 18.7. The van der Waals surface area contributed by atoms with Gasteiger partial charge in [0.15, 0.2) is 11.2 Å². The van der Waals surface area contributed by atoms with Crippen molar-refractivity contribution in [3.63, 3.8) is 0 Å². The van der Waals surface area contributed by atoms with Gasteiger partial charge in [-0.3, -0.25) is 19.8 Å². The summed E-state index contributed by atoms with van der Waals surface area (Å²) in [6.07, 6.45) is -0.0511. The fourth-order valence-electron chi connectivity index (χ4n) is 2.83. The van der Waals surface area contributed by atoms with Crippen LogP contribution in [0, 0.1) is 0 Å². The second kappa shape index (κ2) is 7.64. The first-order valence-electron chi connectivity index (χ1n) is 8.50. The second-order valence-electron chi connectivity index (χ2n) is 6.15. The van der Waals surface area contributed by atoms with Crippen LogP contribution < -0.4 is 27.3 Å². The van der Waals surface area contributed by atoms with E-state index in [4.69, 9.17) is 10.6 Å². The average molecular weight is 374 g/mol. The van der Waals surface area contributed by atoms with Crippen molar-refractivity contribution in [2.24, 2.45) is 12.9 Å². The number of benzene rings is 1. The Morgan fingerprint density at radius 1 is 1.41 bits per heavy atom. The zero-order valence-electron chi connectivity index (χ0n) is 15.1. The molecule has 0 unspecified atom stereocenters. The molecule has 5 N–H and O–H groups in total. The van der Waals surface area contributed by atoms with Crippen molar-refractivity contribution in [2.45, 2.75) is 26.0 Å². The van der Waals surface area contributed by atoms with E-state index in [0.29, 0.717) is 5.75 Å². The molecule has 1 atom stereocenters. The third kappa shape index (κ3) is 3.71. The Balaban J connectivity index is 1.84. The largest absolute Gasteiger partial charge is 0.491 e. The van der Waals surface area contributed by atoms with Crippen molar-refractivity contribution < 1.29 is 9.84 Å². The topological polar surface area (TPSA) is 140 Å². The van der Waals surface area contributed by atoms with E-state index in [2.05, 4.69) is 15.4 Å². The van der Waals surface area contributed by atoms with E-state index >= 15 is 0 Å². The van der Waals surface area contributed by atoms with E-state index in [1.165, 1.54) is 16.2 Å². The average Bonchev–Trinajstić information content (AvgIpc) is 3.03. The number of nitrogens with two attached hydrogens (primary N) is 1. The lowest BCUT2D eigenvalue weighted by molar-refractivity contribution is 0.0938. The number of aliphatic hydroxyl groups excluding tert-OH is 1. The first-order chi connectivity index (χ1) is 12.9. The van der Waals surface area contributed by atoms with Crippen LogP contribution >= 0.6 is 0 Å². The van der Waals surface area contributed by atoms with Crippen LogP contribution in [0.1, 0.15) is 12.5 Å². The van der Waals surface area contributed by atoms with E-state index in [0.717, 1.165) is 12.0 Å². The van der Waals surface area contributed by atoms with E-state index in [1.807, 2.05) is 31.2 Å². The molecule has 0 aliphatic carbocycles. The number of hydrogen-bond acceptors (Lipinski definition) is 7. The highest BCUT2D eigenvalue weighted by atomic mass is 16.5. The van der Waals surface area contributed by atoms with Gasteiger partial charge >= 0.3 is 5.69 Å². The Labute approximate surface area is 154 Å². The Hall–Kier alpha value is -3.11. The molecule has 1 aromatic carbocycles. The van der Waals surface area contributed by atoms with Crippen molar-refractivity contribution in [2.75, 3.05) is 12.0 Å². The molecule has 0 aliphatic heterocycles. The van der Waals surface area contributed by atoms with Crippen molar-refractivity contribution >= 4 is 17.1 Å². The molecular formula is C17H22N6O4. The second-order valence-corrected chi connectivity index (χ2v) is 6.15. The number of H-pyrrole nitrogens is 1. The number of hydrogen-bond donors (Lipinski definition) is 4. The van der Waals surface area contributed by atoms with Gasteiger partial charge in [-0.15, -0.1) is 0 Å². The summed E-state index contributed by atoms with van der Waals surface area (Å²) in [6.45, 7) is 2.07. The monoisotopic (exact) mass is 374 g/mol. The molecular weight excluding hydrogens is 352 g/mol. The Bertz CT molecular complexity index is 1070. The molecule has 0 saturated carbocycles. The molecule has 10 heteroatoms. The minimum Gasteiger partial charge on any atom is -0.491 e. The normalized spacial score (nSPS) is 12.3. The van der Waals surface area contributed by atoms with Crippen molar-refractivity contribution in [1.82, 2.24) is 19.1 Å². The highest BCUT2D eigenvalue weighted by molar-refractivity contribution is 5.74. The van der Waals surface area contributed by atoms with Crippen LogP contribution in [0.3, 0.4) is 0 Å². The number of nitrogen functional groups attached to an aromatic ring is 1. The molecule has 0 amide bonds. The van der Waals surface area contributed by atoms with E-state index < -0.39 is 17.4 Å². The number of rotatable bonds is 7. The summed E-state index contributed by atoms with van der Waals surface area (Å²) >= 11 is 0. The van der Waals surface area contributed by atoms with E-state index in [9.17, 15) is 14.7 Å². The number of fused-ring (bicyclic) bond motifs is 1. The quantitative estimate of drug-likeness (QED) is 0.329. The number of nitrogens with one attached hydrogen (secondary N) is 2. The number of aromatic amines is 1. The number of nitrogens with zero attached hydrogens (tertiary/aromatic N) is 3. The predicted octanol–water partition coefficient (Wildman–Crippen LogP) is -0.289. The number of anilines is 1. The fraction of sp³-hybridized carbons (Fsp3) is 0.353. The zero-order chi connectivity index (χ0) is 19.6. The predicted molar refractivity (Wildman–Crippen MR) is 101 cm³/mol. The van der Waals surface area contributed by atoms with Gasteiger partial charge < -0.3 is 14.4 Å². The molecule has 0 saturated heterocycles. The molecule has 3 aromatic rings. The molecule has 0 fully saturated rings. The number of hydrazine groups is 1. The molecule has 27 heavy (non-hydrogen) atoms. The zero-order valence-corrected chi connectivity index (χ0v) is 15.1. The molecule has 144 valence electrons. The van der Waals surface area contributed by atoms with Gasteiger partial charge in [0.25, 0.3) is 5.56 Å². The SMILES string of the molecule is CCc1cccc(OC[C@@H](O)Cn2c(NN)nc3c2c(=O)[nH]c(=O)n3C)c1. The summed E-state index contributed by atoms with van der Waals surface area (Å²) in [6, 6.07) is 7.61. The minimum absolute atomic E-state index is 0.00475. The van der Waals surface area contributed by atoms with Gasteiger partial charge in [0, 0.05) is 7.05 Å². The van der Waals surface area contributed by atoms with Crippen molar-refractivity contribution in [3.05, 3.63) is 50.7 Å². The number of aromatic nitrogens is 4. The molecule has 2 heterocycles. The Morgan fingerprint density at radius 2 is 2.19 bits per heavy atom. The van der Waals surface area contributed by atoms with E-state index in [-0.39, 0.29) is 30.3 Å². The van der Waals surface area contributed by atoms with Crippen molar-refractivity contribution in [3.8, 4) is 5.75 Å². The Kier molecular flexibility index (Phi) is 5.28. The molecule has 2 aromatic heterocycles. The van der Waals surface area contributed by atoms with E-state index in [1.54, 1.807) is 0 Å². The Morgan fingerprint density at radius 3 is 2.89 bits per heavy atom. The van der Waals surface area contributed by atoms with Crippen molar-refractivity contribution in [1.29, 1.82) is 0 Å². The van der Waals surface area contributed by atoms with Gasteiger partial charge in [-0.05, 0) is 24.1 Å². The molecule has 0 spiro atoms. The highest BCUT2D eigenvalue weighted by Crippen LogP contribution is 2.17. The van der Waals surface area contributed by atoms with Gasteiger partial charge in [0.05, 0.1) is 6.54 Å². The van der Waals surface area contributed by atoms with Crippen LogP contribution in [0.4, 0.5) is 5.95 Å². The van der Waals surface area contributed by atoms with Gasteiger partial charge in [-0.2, -0.15) is 4.98 Å². The van der Waals surface area contributed by atoms with Crippen LogP contribution in [0.15, 0.2) is 33.9 Å². The standard InChI is InChI=1S/C17H22N6O4/c1-3-10-5-4-6-12(7-10)27-9-11(24)8-23-13-14(19-16(23)21-18)22(2)17(26)20-15(13)25/h4-7,11,24H,3,8-9,18H2,1-2H3,(H,19,21)(H,20,25,26)/t11-/m0/s1. The molecule has 0 radical (unpaired) electrons. The first-order valence-corrected chi connectivity index (χ1v) is 8.50. The lowest BCUT2D eigenvalue weighted by Gasteiger charge is -2.15. The summed E-state index contributed by atoms with van der Waals surface area (Å²) in [5.41, 5.74) is 2.63. The number of imidazole rings is 1. The summed E-state index contributed by atoms with van der Waals surface area (Å²) in [5, 5.41) is 10.4. The number of aryl methyl sites for hydroxylation is 2. The van der Waals surface area contributed by atoms with Crippen LogP contribution in [-0.4, -0.2) is 36.9 Å². The maximum Gasteiger partial charge on any atom is 0.329 e. The van der Waals surface area contributed by atoms with Crippen LogP contribution in [0.25, 0.3) is 11.2 Å². The summed E-state index contributed by atoms with van der Waals surface area (Å²) in [7, 11) is 1.48. The van der Waals surface area contributed by atoms with Gasteiger partial charge in [-0.1, -0.05) is 19.1 Å². The molecule has 10 nitrogen and oxygen atoms in total. The summed E-state index contributed by atoms with van der Waals surface area (Å²) < 4.78 is 8.26.